The number of rotatable bonds is 5. The quantitative estimate of drug-likeness (QED) is 0.831. The van der Waals surface area contributed by atoms with Crippen LogP contribution in [-0.4, -0.2) is 35.2 Å². The highest BCUT2D eigenvalue weighted by atomic mass is 35.5. The number of ketones is 1. The predicted octanol–water partition coefficient (Wildman–Crippen LogP) is 3.13. The molecule has 0 aromatic heterocycles. The number of aliphatic hydroxyl groups excluding tert-OH is 1. The average molecular weight is 371 g/mol. The van der Waals surface area contributed by atoms with Crippen molar-refractivity contribution in [1.29, 1.82) is 0 Å². The highest BCUT2D eigenvalue weighted by molar-refractivity contribution is 6.44. The van der Waals surface area contributed by atoms with Gasteiger partial charge in [-0.2, -0.15) is 0 Å². The van der Waals surface area contributed by atoms with Crippen molar-refractivity contribution in [3.8, 4) is 5.75 Å². The van der Waals surface area contributed by atoms with Crippen molar-refractivity contribution in [2.24, 2.45) is 5.41 Å². The van der Waals surface area contributed by atoms with Crippen molar-refractivity contribution < 1.29 is 24.5 Å². The standard InChI is InChI=1S/C17H16Cl2O5/c18-15-12(24-8-13(22)23)5-9-7-17(3-4-20)2-1-10(21)6-11(17)14(9)16(15)19/h5-6,20H,1-4,7-8H2,(H,22,23)/t17-/m0/s1. The summed E-state index contributed by atoms with van der Waals surface area (Å²) in [4.78, 5) is 22.6. The number of carbonyl (C=O) groups excluding carboxylic acids is 1. The average Bonchev–Trinajstić information content (AvgIpc) is 2.83. The largest absolute Gasteiger partial charge is 0.480 e. The molecule has 0 saturated carbocycles. The van der Waals surface area contributed by atoms with Crippen LogP contribution in [0, 0.1) is 5.41 Å². The third kappa shape index (κ3) is 2.81. The lowest BCUT2D eigenvalue weighted by atomic mass is 9.70. The molecule has 128 valence electrons. The second-order valence-corrected chi connectivity index (χ2v) is 6.93. The summed E-state index contributed by atoms with van der Waals surface area (Å²) in [5.74, 6) is -0.862. The van der Waals surface area contributed by atoms with Crippen molar-refractivity contribution in [1.82, 2.24) is 0 Å². The van der Waals surface area contributed by atoms with Gasteiger partial charge in [0.15, 0.2) is 12.4 Å². The van der Waals surface area contributed by atoms with E-state index in [9.17, 15) is 14.7 Å². The van der Waals surface area contributed by atoms with Crippen molar-refractivity contribution in [2.75, 3.05) is 13.2 Å². The zero-order valence-corrected chi connectivity index (χ0v) is 14.3. The van der Waals surface area contributed by atoms with Gasteiger partial charge in [0, 0.05) is 24.0 Å². The summed E-state index contributed by atoms with van der Waals surface area (Å²) in [6.45, 7) is -0.509. The second kappa shape index (κ2) is 6.39. The number of benzene rings is 1. The molecule has 0 amide bonds. The minimum atomic E-state index is -1.11. The van der Waals surface area contributed by atoms with Crippen molar-refractivity contribution in [3.63, 3.8) is 0 Å². The molecule has 0 aliphatic heterocycles. The molecule has 0 fully saturated rings. The number of halogens is 2. The summed E-state index contributed by atoms with van der Waals surface area (Å²) in [6, 6.07) is 1.69. The summed E-state index contributed by atoms with van der Waals surface area (Å²) >= 11 is 12.7. The number of aliphatic hydroxyl groups is 1. The Labute approximate surface area is 148 Å². The molecule has 0 saturated heterocycles. The number of ether oxygens (including phenoxy) is 1. The highest BCUT2D eigenvalue weighted by Crippen LogP contribution is 2.57. The van der Waals surface area contributed by atoms with Crippen LogP contribution in [0.2, 0.25) is 10.0 Å². The van der Waals surface area contributed by atoms with Gasteiger partial charge in [-0.1, -0.05) is 23.2 Å². The van der Waals surface area contributed by atoms with Gasteiger partial charge in [0.1, 0.15) is 10.8 Å². The topological polar surface area (TPSA) is 83.8 Å². The summed E-state index contributed by atoms with van der Waals surface area (Å²) < 4.78 is 5.22. The van der Waals surface area contributed by atoms with Crippen LogP contribution in [0.1, 0.15) is 30.4 Å². The summed E-state index contributed by atoms with van der Waals surface area (Å²) in [7, 11) is 0. The smallest absolute Gasteiger partial charge is 0.341 e. The van der Waals surface area contributed by atoms with Crippen molar-refractivity contribution in [2.45, 2.75) is 25.7 Å². The molecule has 2 N–H and O–H groups in total. The van der Waals surface area contributed by atoms with Crippen molar-refractivity contribution in [3.05, 3.63) is 33.3 Å². The summed E-state index contributed by atoms with van der Waals surface area (Å²) in [5, 5.41) is 18.6. The van der Waals surface area contributed by atoms with Gasteiger partial charge in [-0.25, -0.2) is 4.79 Å². The molecule has 1 aromatic rings. The Balaban J connectivity index is 2.09. The minimum Gasteiger partial charge on any atom is -0.480 e. The van der Waals surface area contributed by atoms with E-state index in [0.717, 1.165) is 11.1 Å². The molecular formula is C17H16Cl2O5. The second-order valence-electron chi connectivity index (χ2n) is 6.17. The van der Waals surface area contributed by atoms with E-state index in [1.165, 1.54) is 0 Å². The maximum atomic E-state index is 11.9. The molecule has 3 rings (SSSR count). The predicted molar refractivity (Wildman–Crippen MR) is 89.7 cm³/mol. The summed E-state index contributed by atoms with van der Waals surface area (Å²) in [5.41, 5.74) is 2.06. The Kier molecular flexibility index (Phi) is 4.60. The Morgan fingerprint density at radius 1 is 1.33 bits per heavy atom. The van der Waals surface area contributed by atoms with E-state index < -0.39 is 12.6 Å². The van der Waals surface area contributed by atoms with Crippen LogP contribution in [0.15, 0.2) is 12.1 Å². The fraction of sp³-hybridized carbons (Fsp3) is 0.412. The molecule has 2 aliphatic carbocycles. The first-order chi connectivity index (χ1) is 11.4. The van der Waals surface area contributed by atoms with E-state index >= 15 is 0 Å². The lowest BCUT2D eigenvalue weighted by molar-refractivity contribution is -0.139. The van der Waals surface area contributed by atoms with Gasteiger partial charge in [0.25, 0.3) is 0 Å². The van der Waals surface area contributed by atoms with Crippen LogP contribution in [0.5, 0.6) is 5.75 Å². The normalized spacial score (nSPS) is 22.0. The van der Waals surface area contributed by atoms with Gasteiger partial charge in [-0.3, -0.25) is 4.79 Å². The molecule has 1 atom stereocenters. The first kappa shape index (κ1) is 17.3. The number of carboxylic acids is 1. The van der Waals surface area contributed by atoms with Crippen LogP contribution in [0.3, 0.4) is 0 Å². The SMILES string of the molecule is O=C(O)COc1cc2c(c(Cl)c1Cl)C1=CC(=O)CC[C@]1(CCO)C2. The Morgan fingerprint density at radius 2 is 2.08 bits per heavy atom. The van der Waals surface area contributed by atoms with E-state index in [1.54, 1.807) is 12.1 Å². The molecule has 2 aliphatic rings. The molecule has 24 heavy (non-hydrogen) atoms. The zero-order valence-electron chi connectivity index (χ0n) is 12.8. The van der Waals surface area contributed by atoms with E-state index in [1.807, 2.05) is 0 Å². The number of aliphatic carboxylic acids is 1. The fourth-order valence-electron chi connectivity index (χ4n) is 3.66. The maximum absolute atomic E-state index is 11.9. The molecule has 5 nitrogen and oxygen atoms in total. The van der Waals surface area contributed by atoms with E-state index in [-0.39, 0.29) is 33.6 Å². The zero-order chi connectivity index (χ0) is 17.5. The van der Waals surface area contributed by atoms with Gasteiger partial charge < -0.3 is 14.9 Å². The highest BCUT2D eigenvalue weighted by Gasteiger charge is 2.45. The maximum Gasteiger partial charge on any atom is 0.341 e. The number of carboxylic acid groups (broad SMARTS) is 1. The third-order valence-electron chi connectivity index (χ3n) is 4.72. The van der Waals surface area contributed by atoms with Gasteiger partial charge in [-0.15, -0.1) is 0 Å². The number of fused-ring (bicyclic) bond motifs is 3. The van der Waals surface area contributed by atoms with Gasteiger partial charge in [-0.05, 0) is 42.5 Å². The van der Waals surface area contributed by atoms with Crippen LogP contribution < -0.4 is 4.74 Å². The molecular weight excluding hydrogens is 355 g/mol. The van der Waals surface area contributed by atoms with E-state index in [0.29, 0.717) is 31.2 Å². The van der Waals surface area contributed by atoms with Crippen molar-refractivity contribution >= 4 is 40.5 Å². The summed E-state index contributed by atoms with van der Waals surface area (Å²) in [6.07, 6.45) is 3.82. The van der Waals surface area contributed by atoms with Gasteiger partial charge >= 0.3 is 5.97 Å². The minimum absolute atomic E-state index is 0.00718. The monoisotopic (exact) mass is 370 g/mol. The molecule has 0 spiro atoms. The van der Waals surface area contributed by atoms with E-state index in [2.05, 4.69) is 0 Å². The number of carbonyl (C=O) groups is 2. The molecule has 0 radical (unpaired) electrons. The number of hydrogen-bond acceptors (Lipinski definition) is 4. The van der Waals surface area contributed by atoms with E-state index in [4.69, 9.17) is 33.0 Å². The van der Waals surface area contributed by atoms with Crippen LogP contribution in [-0.2, 0) is 16.0 Å². The molecule has 0 heterocycles. The Hall–Kier alpha value is -1.56. The lowest BCUT2D eigenvalue weighted by Crippen LogP contribution is -2.27. The van der Waals surface area contributed by atoms with Crippen LogP contribution >= 0.6 is 23.2 Å². The van der Waals surface area contributed by atoms with Gasteiger partial charge in [0.2, 0.25) is 0 Å². The molecule has 1 aromatic carbocycles. The lowest BCUT2D eigenvalue weighted by Gasteiger charge is -2.33. The first-order valence-corrected chi connectivity index (χ1v) is 8.35. The van der Waals surface area contributed by atoms with Crippen LogP contribution in [0.4, 0.5) is 0 Å². The fourth-order valence-corrected chi connectivity index (χ4v) is 4.18. The third-order valence-corrected chi connectivity index (χ3v) is 5.57. The van der Waals surface area contributed by atoms with Gasteiger partial charge in [0.05, 0.1) is 5.02 Å². The molecule has 0 bridgehead atoms. The molecule has 7 heteroatoms. The Morgan fingerprint density at radius 3 is 2.75 bits per heavy atom. The molecule has 0 unspecified atom stereocenters. The Bertz CT molecular complexity index is 756. The van der Waals surface area contributed by atoms with Crippen LogP contribution in [0.25, 0.3) is 5.57 Å². The number of hydrogen-bond donors (Lipinski definition) is 2. The number of allylic oxidation sites excluding steroid dienone is 2. The first-order valence-electron chi connectivity index (χ1n) is 7.59.